The lowest BCUT2D eigenvalue weighted by Gasteiger charge is -1.92. The third kappa shape index (κ3) is 13.3. The van der Waals surface area contributed by atoms with Crippen molar-refractivity contribution in [2.24, 2.45) is 0 Å². The fourth-order valence-corrected chi connectivity index (χ4v) is 1.60. The molecule has 0 N–H and O–H groups in total. The van der Waals surface area contributed by atoms with Crippen LogP contribution in [-0.4, -0.2) is 0 Å². The maximum atomic E-state index is 3.21. The van der Waals surface area contributed by atoms with Crippen LogP contribution >= 0.6 is 0 Å². The van der Waals surface area contributed by atoms with Crippen molar-refractivity contribution in [1.82, 2.24) is 0 Å². The van der Waals surface area contributed by atoms with Crippen molar-refractivity contribution >= 4 is 0 Å². The van der Waals surface area contributed by atoms with Gasteiger partial charge < -0.3 is 0 Å². The Morgan fingerprint density at radius 2 is 1.50 bits per heavy atom. The molecule has 0 rings (SSSR count). The Labute approximate surface area is 103 Å². The van der Waals surface area contributed by atoms with Crippen molar-refractivity contribution < 1.29 is 0 Å². The summed E-state index contributed by atoms with van der Waals surface area (Å²) in [4.78, 5) is 0. The molecule has 0 heterocycles. The normalized spacial score (nSPS) is 10.4. The maximum absolute atomic E-state index is 3.21. The molecule has 0 nitrogen and oxygen atoms in total. The molecule has 16 heavy (non-hydrogen) atoms. The fourth-order valence-electron chi connectivity index (χ4n) is 1.60. The molecule has 0 aromatic heterocycles. The van der Waals surface area contributed by atoms with E-state index in [2.05, 4.69) is 31.8 Å². The van der Waals surface area contributed by atoms with Crippen LogP contribution in [0.3, 0.4) is 0 Å². The van der Waals surface area contributed by atoms with Crippen LogP contribution in [0.5, 0.6) is 0 Å². The number of rotatable bonds is 9. The zero-order chi connectivity index (χ0) is 11.9. The highest BCUT2D eigenvalue weighted by atomic mass is 13.9. The molecule has 0 aliphatic carbocycles. The monoisotopic (exact) mass is 220 g/mol. The second-order valence-electron chi connectivity index (χ2n) is 4.38. The third-order valence-corrected chi connectivity index (χ3v) is 2.68. The van der Waals surface area contributed by atoms with Gasteiger partial charge >= 0.3 is 0 Å². The quantitative estimate of drug-likeness (QED) is 0.356. The molecular formula is C16H28. The van der Waals surface area contributed by atoms with E-state index in [9.17, 15) is 0 Å². The zero-order valence-corrected chi connectivity index (χ0v) is 11.2. The van der Waals surface area contributed by atoms with E-state index in [1.54, 1.807) is 0 Å². The van der Waals surface area contributed by atoms with E-state index in [0.717, 1.165) is 6.42 Å². The summed E-state index contributed by atoms with van der Waals surface area (Å²) in [7, 11) is 0. The maximum Gasteiger partial charge on any atom is 0.00922 e. The summed E-state index contributed by atoms with van der Waals surface area (Å²) in [5.74, 6) is 6.33. The second kappa shape index (κ2) is 14.3. The van der Waals surface area contributed by atoms with Crippen molar-refractivity contribution in [3.63, 3.8) is 0 Å². The molecule has 92 valence electrons. The van der Waals surface area contributed by atoms with E-state index in [1.165, 1.54) is 57.8 Å². The highest BCUT2D eigenvalue weighted by molar-refractivity contribution is 5.14. The number of hydrogen-bond acceptors (Lipinski definition) is 0. The first-order chi connectivity index (χ1) is 7.91. The van der Waals surface area contributed by atoms with E-state index >= 15 is 0 Å². The van der Waals surface area contributed by atoms with Crippen LogP contribution in [-0.2, 0) is 0 Å². The van der Waals surface area contributed by atoms with Gasteiger partial charge in [0, 0.05) is 6.42 Å². The Kier molecular flexibility index (Phi) is 13.7. The lowest BCUT2D eigenvalue weighted by Crippen LogP contribution is -1.74. The third-order valence-electron chi connectivity index (χ3n) is 2.68. The van der Waals surface area contributed by atoms with Crippen molar-refractivity contribution in [2.45, 2.75) is 78.1 Å². The Balaban J connectivity index is 3.21. The van der Waals surface area contributed by atoms with Gasteiger partial charge in [-0.3, -0.25) is 0 Å². The first kappa shape index (κ1) is 15.3. The van der Waals surface area contributed by atoms with Crippen molar-refractivity contribution in [1.29, 1.82) is 0 Å². The first-order valence-corrected chi connectivity index (χ1v) is 7.05. The van der Waals surface area contributed by atoms with Crippen molar-refractivity contribution in [3.05, 3.63) is 12.2 Å². The van der Waals surface area contributed by atoms with Crippen molar-refractivity contribution in [3.8, 4) is 11.8 Å². The van der Waals surface area contributed by atoms with E-state index in [1.807, 2.05) is 6.08 Å². The summed E-state index contributed by atoms with van der Waals surface area (Å²) in [5.41, 5.74) is 0. The van der Waals surface area contributed by atoms with Crippen molar-refractivity contribution in [2.75, 3.05) is 0 Å². The summed E-state index contributed by atoms with van der Waals surface area (Å²) >= 11 is 0. The van der Waals surface area contributed by atoms with Gasteiger partial charge in [-0.05, 0) is 25.3 Å². The van der Waals surface area contributed by atoms with Crippen LogP contribution in [0, 0.1) is 11.8 Å². The molecule has 0 saturated heterocycles. The van der Waals surface area contributed by atoms with Crippen LogP contribution in [0.15, 0.2) is 12.2 Å². The average molecular weight is 220 g/mol. The highest BCUT2D eigenvalue weighted by Crippen LogP contribution is 2.03. The predicted octanol–water partition coefficient (Wildman–Crippen LogP) is 5.49. The van der Waals surface area contributed by atoms with E-state index in [4.69, 9.17) is 0 Å². The zero-order valence-electron chi connectivity index (χ0n) is 11.2. The SMILES string of the molecule is CCCCCCC#CC=CCCCCCC. The second-order valence-corrected chi connectivity index (χ2v) is 4.38. The van der Waals surface area contributed by atoms with Gasteiger partial charge in [0.05, 0.1) is 0 Å². The lowest BCUT2D eigenvalue weighted by atomic mass is 10.1. The highest BCUT2D eigenvalue weighted by Gasteiger charge is 1.84. The van der Waals surface area contributed by atoms with Crippen LogP contribution in [0.1, 0.15) is 78.1 Å². The smallest absolute Gasteiger partial charge is 0.00922 e. The molecule has 0 unspecified atom stereocenters. The molecule has 0 aromatic carbocycles. The molecule has 0 atom stereocenters. The summed E-state index contributed by atoms with van der Waals surface area (Å²) < 4.78 is 0. The summed E-state index contributed by atoms with van der Waals surface area (Å²) in [6.45, 7) is 4.49. The topological polar surface area (TPSA) is 0 Å². The molecule has 0 heteroatoms. The Hall–Kier alpha value is -0.700. The summed E-state index contributed by atoms with van der Waals surface area (Å²) in [6, 6.07) is 0. The van der Waals surface area contributed by atoms with Crippen LogP contribution in [0.2, 0.25) is 0 Å². The molecule has 0 saturated carbocycles. The molecule has 0 amide bonds. The molecule has 0 aromatic rings. The van der Waals surface area contributed by atoms with Gasteiger partial charge in [0.15, 0.2) is 0 Å². The van der Waals surface area contributed by atoms with Gasteiger partial charge in [-0.1, -0.05) is 70.3 Å². The molecular weight excluding hydrogens is 192 g/mol. The van der Waals surface area contributed by atoms with E-state index in [-0.39, 0.29) is 0 Å². The largest absolute Gasteiger partial charge is 0.0985 e. The van der Waals surface area contributed by atoms with E-state index in [0.29, 0.717) is 0 Å². The van der Waals surface area contributed by atoms with Gasteiger partial charge in [-0.25, -0.2) is 0 Å². The van der Waals surface area contributed by atoms with Crippen LogP contribution < -0.4 is 0 Å². The molecule has 0 bridgehead atoms. The van der Waals surface area contributed by atoms with Crippen LogP contribution in [0.4, 0.5) is 0 Å². The summed E-state index contributed by atoms with van der Waals surface area (Å²) in [6.07, 6.45) is 17.2. The minimum absolute atomic E-state index is 1.07. The first-order valence-electron chi connectivity index (χ1n) is 7.05. The summed E-state index contributed by atoms with van der Waals surface area (Å²) in [5, 5.41) is 0. The molecule has 0 spiro atoms. The van der Waals surface area contributed by atoms with Gasteiger partial charge in [0.1, 0.15) is 0 Å². The minimum atomic E-state index is 1.07. The Bertz CT molecular complexity index is 202. The fraction of sp³-hybridized carbons (Fsp3) is 0.750. The van der Waals surface area contributed by atoms with Gasteiger partial charge in [-0.2, -0.15) is 0 Å². The lowest BCUT2D eigenvalue weighted by molar-refractivity contribution is 0.674. The molecule has 0 aliphatic heterocycles. The van der Waals surface area contributed by atoms with Gasteiger partial charge in [0.2, 0.25) is 0 Å². The number of allylic oxidation sites excluding steroid dienone is 2. The predicted molar refractivity (Wildman–Crippen MR) is 74.4 cm³/mol. The molecule has 0 radical (unpaired) electrons. The van der Waals surface area contributed by atoms with E-state index < -0.39 is 0 Å². The minimum Gasteiger partial charge on any atom is -0.0985 e. The van der Waals surface area contributed by atoms with Gasteiger partial charge in [0.25, 0.3) is 0 Å². The molecule has 0 aliphatic rings. The number of hydrogen-bond donors (Lipinski definition) is 0. The Morgan fingerprint density at radius 3 is 2.19 bits per heavy atom. The average Bonchev–Trinajstić information content (AvgIpc) is 2.31. The van der Waals surface area contributed by atoms with Gasteiger partial charge in [-0.15, -0.1) is 0 Å². The van der Waals surface area contributed by atoms with Crippen LogP contribution in [0.25, 0.3) is 0 Å². The standard InChI is InChI=1S/C16H28/c1-3-5-7-9-11-13-15-16-14-12-10-8-6-4-2/h13,15H,3-12H2,1-2H3. The number of unbranched alkanes of at least 4 members (excludes halogenated alkanes) is 8. The Morgan fingerprint density at radius 1 is 0.812 bits per heavy atom. The molecule has 0 fully saturated rings.